The van der Waals surface area contributed by atoms with E-state index in [1.807, 2.05) is 18.6 Å². The summed E-state index contributed by atoms with van der Waals surface area (Å²) < 4.78 is 2.24. The minimum atomic E-state index is 0.453. The number of imidazole rings is 1. The highest BCUT2D eigenvalue weighted by molar-refractivity contribution is 5.51. The number of nitrogens with zero attached hydrogens (tertiary/aromatic N) is 3. The van der Waals surface area contributed by atoms with Gasteiger partial charge in [-0.25, -0.2) is 4.98 Å². The molecule has 1 aliphatic rings. The highest BCUT2D eigenvalue weighted by atomic mass is 15.2. The lowest BCUT2D eigenvalue weighted by molar-refractivity contribution is 0.238. The molecule has 2 aromatic rings. The lowest BCUT2D eigenvalue weighted by Crippen LogP contribution is -2.31. The van der Waals surface area contributed by atoms with Gasteiger partial charge in [0, 0.05) is 37.6 Å². The number of hydrogen-bond acceptors (Lipinski definition) is 3. The third-order valence-electron chi connectivity index (χ3n) is 4.08. The number of aromatic nitrogens is 2. The average Bonchev–Trinajstić information content (AvgIpc) is 2.88. The van der Waals surface area contributed by atoms with Crippen LogP contribution in [0.1, 0.15) is 36.7 Å². The van der Waals surface area contributed by atoms with Gasteiger partial charge in [0.25, 0.3) is 0 Å². The van der Waals surface area contributed by atoms with E-state index in [1.165, 1.54) is 16.8 Å². The molecule has 1 aliphatic heterocycles. The predicted octanol–water partition coefficient (Wildman–Crippen LogP) is 2.60. The van der Waals surface area contributed by atoms with Crippen LogP contribution in [0.4, 0.5) is 5.69 Å². The molecule has 4 nitrogen and oxygen atoms in total. The molecule has 3 rings (SSSR count). The molecule has 0 saturated heterocycles. The lowest BCUT2D eigenvalue weighted by atomic mass is 9.98. The van der Waals surface area contributed by atoms with E-state index in [2.05, 4.69) is 40.4 Å². The highest BCUT2D eigenvalue weighted by Gasteiger charge is 2.19. The number of nitrogens with two attached hydrogens (primary N) is 1. The quantitative estimate of drug-likeness (QED) is 0.872. The van der Waals surface area contributed by atoms with Gasteiger partial charge in [0.1, 0.15) is 0 Å². The Morgan fingerprint density at radius 3 is 3.00 bits per heavy atom. The van der Waals surface area contributed by atoms with Crippen LogP contribution in [0.5, 0.6) is 0 Å². The fourth-order valence-electron chi connectivity index (χ4n) is 2.95. The molecule has 0 aliphatic carbocycles. The van der Waals surface area contributed by atoms with Gasteiger partial charge in [0.05, 0.1) is 12.0 Å². The second-order valence-corrected chi connectivity index (χ2v) is 5.83. The van der Waals surface area contributed by atoms with E-state index in [1.54, 1.807) is 0 Å². The predicted molar refractivity (Wildman–Crippen MR) is 81.3 cm³/mol. The molecule has 0 radical (unpaired) electrons. The normalized spacial score (nSPS) is 15.6. The lowest BCUT2D eigenvalue weighted by Gasteiger charge is -2.30. The van der Waals surface area contributed by atoms with E-state index in [0.717, 1.165) is 31.7 Å². The molecule has 4 heteroatoms. The first-order valence-corrected chi connectivity index (χ1v) is 7.24. The molecule has 2 N–H and O–H groups in total. The van der Waals surface area contributed by atoms with Crippen LogP contribution >= 0.6 is 0 Å². The molecule has 0 unspecified atom stereocenters. The Kier molecular flexibility index (Phi) is 3.49. The Labute approximate surface area is 120 Å². The van der Waals surface area contributed by atoms with E-state index in [0.29, 0.717) is 6.04 Å². The molecule has 0 amide bonds. The van der Waals surface area contributed by atoms with Gasteiger partial charge in [0.15, 0.2) is 0 Å². The summed E-state index contributed by atoms with van der Waals surface area (Å²) in [5.41, 5.74) is 11.0. The van der Waals surface area contributed by atoms with Crippen molar-refractivity contribution in [2.75, 3.05) is 12.3 Å². The van der Waals surface area contributed by atoms with Crippen LogP contribution < -0.4 is 5.73 Å². The topological polar surface area (TPSA) is 47.1 Å². The fourth-order valence-corrected chi connectivity index (χ4v) is 2.95. The minimum Gasteiger partial charge on any atom is -0.398 e. The summed E-state index contributed by atoms with van der Waals surface area (Å²) in [6.45, 7) is 7.33. The van der Waals surface area contributed by atoms with Crippen LogP contribution in [0.25, 0.3) is 0 Å². The first-order chi connectivity index (χ1) is 9.65. The fraction of sp³-hybridized carbons (Fsp3) is 0.438. The van der Waals surface area contributed by atoms with Crippen molar-refractivity contribution in [1.29, 1.82) is 0 Å². The minimum absolute atomic E-state index is 0.453. The van der Waals surface area contributed by atoms with Gasteiger partial charge in [-0.2, -0.15) is 0 Å². The third kappa shape index (κ3) is 2.43. The first-order valence-electron chi connectivity index (χ1n) is 7.24. The van der Waals surface area contributed by atoms with E-state index in [-0.39, 0.29) is 0 Å². The average molecular weight is 270 g/mol. The molecule has 0 bridgehead atoms. The van der Waals surface area contributed by atoms with Crippen LogP contribution in [-0.2, 0) is 19.5 Å². The number of fused-ring (bicyclic) bond motifs is 1. The molecule has 0 fully saturated rings. The van der Waals surface area contributed by atoms with Crippen molar-refractivity contribution in [3.8, 4) is 0 Å². The molecule has 20 heavy (non-hydrogen) atoms. The van der Waals surface area contributed by atoms with Crippen LogP contribution in [-0.4, -0.2) is 21.0 Å². The van der Waals surface area contributed by atoms with Crippen molar-refractivity contribution in [1.82, 2.24) is 14.5 Å². The number of nitrogen functional groups attached to an aromatic ring is 1. The van der Waals surface area contributed by atoms with Gasteiger partial charge in [-0.15, -0.1) is 0 Å². The maximum atomic E-state index is 6.11. The van der Waals surface area contributed by atoms with Gasteiger partial charge in [0.2, 0.25) is 0 Å². The van der Waals surface area contributed by atoms with E-state index in [4.69, 9.17) is 5.73 Å². The second kappa shape index (κ2) is 5.29. The number of rotatable bonds is 3. The van der Waals surface area contributed by atoms with Crippen molar-refractivity contribution in [2.24, 2.45) is 0 Å². The summed E-state index contributed by atoms with van der Waals surface area (Å²) in [4.78, 5) is 6.74. The molecule has 1 aromatic carbocycles. The Balaban J connectivity index is 1.77. The summed E-state index contributed by atoms with van der Waals surface area (Å²) in [6.07, 6.45) is 4.98. The summed E-state index contributed by atoms with van der Waals surface area (Å²) >= 11 is 0. The maximum Gasteiger partial charge on any atom is 0.0951 e. The van der Waals surface area contributed by atoms with E-state index >= 15 is 0 Å². The van der Waals surface area contributed by atoms with Gasteiger partial charge in [-0.1, -0.05) is 12.1 Å². The van der Waals surface area contributed by atoms with Crippen LogP contribution in [0.15, 0.2) is 30.7 Å². The van der Waals surface area contributed by atoms with E-state index < -0.39 is 0 Å². The summed E-state index contributed by atoms with van der Waals surface area (Å²) in [5, 5.41) is 0. The summed E-state index contributed by atoms with van der Waals surface area (Å²) in [6, 6.07) is 6.70. The van der Waals surface area contributed by atoms with Crippen molar-refractivity contribution < 1.29 is 0 Å². The van der Waals surface area contributed by atoms with Crippen molar-refractivity contribution in [2.45, 2.75) is 39.4 Å². The summed E-state index contributed by atoms with van der Waals surface area (Å²) in [7, 11) is 0. The zero-order valence-electron chi connectivity index (χ0n) is 12.2. The first kappa shape index (κ1) is 13.2. The maximum absolute atomic E-state index is 6.11. The Morgan fingerprint density at radius 1 is 1.35 bits per heavy atom. The number of anilines is 1. The van der Waals surface area contributed by atoms with Gasteiger partial charge >= 0.3 is 0 Å². The van der Waals surface area contributed by atoms with Crippen LogP contribution in [0, 0.1) is 0 Å². The summed E-state index contributed by atoms with van der Waals surface area (Å²) in [5.74, 6) is 0. The number of hydrogen-bond donors (Lipinski definition) is 1. The van der Waals surface area contributed by atoms with Crippen molar-refractivity contribution in [3.63, 3.8) is 0 Å². The van der Waals surface area contributed by atoms with Crippen molar-refractivity contribution in [3.05, 3.63) is 47.5 Å². The highest BCUT2D eigenvalue weighted by Crippen LogP contribution is 2.25. The SMILES string of the molecule is CC(C)n1cncc1CN1CCc2cccc(N)c2C1. The Hall–Kier alpha value is -1.81. The van der Waals surface area contributed by atoms with Crippen LogP contribution in [0.2, 0.25) is 0 Å². The standard InChI is InChI=1S/C16H22N4/c1-12(2)20-11-18-8-14(20)9-19-7-6-13-4-3-5-16(17)15(13)10-19/h3-5,8,11-12H,6-7,9-10,17H2,1-2H3. The molecule has 0 atom stereocenters. The Bertz CT molecular complexity index is 600. The molecular formula is C16H22N4. The largest absolute Gasteiger partial charge is 0.398 e. The van der Waals surface area contributed by atoms with E-state index in [9.17, 15) is 0 Å². The zero-order chi connectivity index (χ0) is 14.1. The second-order valence-electron chi connectivity index (χ2n) is 5.83. The third-order valence-corrected chi connectivity index (χ3v) is 4.08. The molecular weight excluding hydrogens is 248 g/mol. The van der Waals surface area contributed by atoms with Crippen molar-refractivity contribution >= 4 is 5.69 Å². The monoisotopic (exact) mass is 270 g/mol. The number of benzene rings is 1. The Morgan fingerprint density at radius 2 is 2.20 bits per heavy atom. The molecule has 0 spiro atoms. The van der Waals surface area contributed by atoms with Gasteiger partial charge in [-0.05, 0) is 37.5 Å². The van der Waals surface area contributed by atoms with Gasteiger partial charge in [-0.3, -0.25) is 4.90 Å². The molecule has 106 valence electrons. The van der Waals surface area contributed by atoms with Crippen LogP contribution in [0.3, 0.4) is 0 Å². The smallest absolute Gasteiger partial charge is 0.0951 e. The zero-order valence-corrected chi connectivity index (χ0v) is 12.2. The molecule has 0 saturated carbocycles. The molecule has 1 aromatic heterocycles. The van der Waals surface area contributed by atoms with Gasteiger partial charge < -0.3 is 10.3 Å². The molecule has 2 heterocycles.